The Morgan fingerprint density at radius 3 is 2.31 bits per heavy atom. The SMILES string of the molecule is CC1CN(C(C)(C)CNC(=O)CC(N)c2ccccc2)CC(C)O1.Cl.Cl. The van der Waals surface area contributed by atoms with Crippen molar-refractivity contribution in [3.63, 3.8) is 0 Å². The molecule has 3 N–H and O–H groups in total. The van der Waals surface area contributed by atoms with Crippen LogP contribution < -0.4 is 11.1 Å². The molecule has 26 heavy (non-hydrogen) atoms. The minimum absolute atomic E-state index is 0. The summed E-state index contributed by atoms with van der Waals surface area (Å²) in [5, 5.41) is 3.05. The van der Waals surface area contributed by atoms with E-state index in [1.165, 1.54) is 0 Å². The molecule has 0 aromatic heterocycles. The number of benzene rings is 1. The van der Waals surface area contributed by atoms with Crippen LogP contribution in [0.4, 0.5) is 0 Å². The molecule has 5 nitrogen and oxygen atoms in total. The van der Waals surface area contributed by atoms with Crippen LogP contribution in [-0.4, -0.2) is 48.2 Å². The Bertz CT molecular complexity index is 533. The molecule has 1 amide bonds. The average Bonchev–Trinajstić information content (AvgIpc) is 2.53. The van der Waals surface area contributed by atoms with Gasteiger partial charge in [-0.2, -0.15) is 0 Å². The lowest BCUT2D eigenvalue weighted by Crippen LogP contribution is -2.58. The van der Waals surface area contributed by atoms with Crippen molar-refractivity contribution >= 4 is 30.7 Å². The number of rotatable bonds is 6. The third-order valence-electron chi connectivity index (χ3n) is 4.63. The van der Waals surface area contributed by atoms with Gasteiger partial charge in [-0.05, 0) is 33.3 Å². The fourth-order valence-electron chi connectivity index (χ4n) is 3.19. The van der Waals surface area contributed by atoms with Gasteiger partial charge < -0.3 is 15.8 Å². The van der Waals surface area contributed by atoms with Gasteiger partial charge >= 0.3 is 0 Å². The summed E-state index contributed by atoms with van der Waals surface area (Å²) in [6.07, 6.45) is 0.737. The largest absolute Gasteiger partial charge is 0.373 e. The Labute approximate surface area is 169 Å². The maximum Gasteiger partial charge on any atom is 0.221 e. The molecule has 150 valence electrons. The van der Waals surface area contributed by atoms with Crippen LogP contribution in [0.25, 0.3) is 0 Å². The van der Waals surface area contributed by atoms with Crippen LogP contribution in [0.5, 0.6) is 0 Å². The molecule has 1 aliphatic rings. The van der Waals surface area contributed by atoms with Crippen molar-refractivity contribution in [1.29, 1.82) is 0 Å². The zero-order chi connectivity index (χ0) is 17.7. The number of morpholine rings is 1. The van der Waals surface area contributed by atoms with E-state index in [1.54, 1.807) is 0 Å². The number of halogens is 2. The van der Waals surface area contributed by atoms with E-state index in [4.69, 9.17) is 10.5 Å². The number of hydrogen-bond acceptors (Lipinski definition) is 4. The molecule has 1 aromatic carbocycles. The second kappa shape index (κ2) is 11.1. The van der Waals surface area contributed by atoms with Crippen LogP contribution in [0.3, 0.4) is 0 Å². The highest BCUT2D eigenvalue weighted by Gasteiger charge is 2.33. The lowest BCUT2D eigenvalue weighted by molar-refractivity contribution is -0.123. The topological polar surface area (TPSA) is 67.6 Å². The summed E-state index contributed by atoms with van der Waals surface area (Å²) in [5.41, 5.74) is 7.00. The number of nitrogens with two attached hydrogens (primary N) is 1. The predicted molar refractivity (Wildman–Crippen MR) is 111 cm³/mol. The molecule has 3 unspecified atom stereocenters. The molecule has 1 heterocycles. The summed E-state index contributed by atoms with van der Waals surface area (Å²) in [4.78, 5) is 14.6. The number of carbonyl (C=O) groups excluding carboxylic acids is 1. The van der Waals surface area contributed by atoms with Gasteiger partial charge in [0, 0.05) is 37.6 Å². The zero-order valence-electron chi connectivity index (χ0n) is 16.1. The van der Waals surface area contributed by atoms with Crippen molar-refractivity contribution in [2.24, 2.45) is 5.73 Å². The number of carbonyl (C=O) groups is 1. The molecular weight excluding hydrogens is 373 g/mol. The third kappa shape index (κ3) is 7.41. The van der Waals surface area contributed by atoms with Gasteiger partial charge in [0.2, 0.25) is 5.91 Å². The van der Waals surface area contributed by atoms with E-state index in [9.17, 15) is 4.79 Å². The molecule has 1 fully saturated rings. The quantitative estimate of drug-likeness (QED) is 0.763. The van der Waals surface area contributed by atoms with Crippen molar-refractivity contribution in [3.05, 3.63) is 35.9 Å². The fourth-order valence-corrected chi connectivity index (χ4v) is 3.19. The second-order valence-corrected chi connectivity index (χ2v) is 7.47. The summed E-state index contributed by atoms with van der Waals surface area (Å²) < 4.78 is 5.79. The summed E-state index contributed by atoms with van der Waals surface area (Å²) in [6, 6.07) is 9.48. The fraction of sp³-hybridized carbons (Fsp3) is 0.632. The summed E-state index contributed by atoms with van der Waals surface area (Å²) in [7, 11) is 0. The molecule has 0 saturated carbocycles. The van der Waals surface area contributed by atoms with E-state index in [0.29, 0.717) is 13.0 Å². The number of ether oxygens (including phenoxy) is 1. The Morgan fingerprint density at radius 2 is 1.77 bits per heavy atom. The van der Waals surface area contributed by atoms with Gasteiger partial charge in [-0.15, -0.1) is 24.8 Å². The molecule has 3 atom stereocenters. The van der Waals surface area contributed by atoms with E-state index in [-0.39, 0.29) is 54.5 Å². The van der Waals surface area contributed by atoms with Crippen LogP contribution >= 0.6 is 24.8 Å². The van der Waals surface area contributed by atoms with Crippen molar-refractivity contribution in [1.82, 2.24) is 10.2 Å². The van der Waals surface area contributed by atoms with Crippen molar-refractivity contribution in [3.8, 4) is 0 Å². The molecule has 0 bridgehead atoms. The monoisotopic (exact) mass is 405 g/mol. The van der Waals surface area contributed by atoms with Crippen LogP contribution in [0.15, 0.2) is 30.3 Å². The molecule has 0 radical (unpaired) electrons. The smallest absolute Gasteiger partial charge is 0.221 e. The van der Waals surface area contributed by atoms with E-state index in [2.05, 4.69) is 37.9 Å². The first-order valence-electron chi connectivity index (χ1n) is 8.75. The number of hydrogen-bond donors (Lipinski definition) is 2. The molecule has 0 aliphatic carbocycles. The number of nitrogens with one attached hydrogen (secondary N) is 1. The maximum absolute atomic E-state index is 12.3. The van der Waals surface area contributed by atoms with Crippen LogP contribution in [0.1, 0.15) is 45.7 Å². The molecule has 2 rings (SSSR count). The van der Waals surface area contributed by atoms with Gasteiger partial charge in [0.25, 0.3) is 0 Å². The lowest BCUT2D eigenvalue weighted by Gasteiger charge is -2.45. The van der Waals surface area contributed by atoms with Crippen molar-refractivity contribution in [2.75, 3.05) is 19.6 Å². The summed E-state index contributed by atoms with van der Waals surface area (Å²) >= 11 is 0. The van der Waals surface area contributed by atoms with Crippen LogP contribution in [-0.2, 0) is 9.53 Å². The molecule has 7 heteroatoms. The van der Waals surface area contributed by atoms with Crippen LogP contribution in [0, 0.1) is 0 Å². The summed E-state index contributed by atoms with van der Waals surface area (Å²) in [5.74, 6) is -0.00576. The summed E-state index contributed by atoms with van der Waals surface area (Å²) in [6.45, 7) is 10.9. The van der Waals surface area contributed by atoms with Gasteiger partial charge in [-0.25, -0.2) is 0 Å². The normalized spacial score (nSPS) is 21.9. The van der Waals surface area contributed by atoms with Gasteiger partial charge in [0.1, 0.15) is 0 Å². The van der Waals surface area contributed by atoms with Crippen molar-refractivity contribution < 1.29 is 9.53 Å². The van der Waals surface area contributed by atoms with Gasteiger partial charge in [-0.1, -0.05) is 30.3 Å². The third-order valence-corrected chi connectivity index (χ3v) is 4.63. The minimum atomic E-state index is -0.266. The first-order chi connectivity index (χ1) is 11.3. The van der Waals surface area contributed by atoms with E-state index in [1.807, 2.05) is 30.3 Å². The number of amides is 1. The van der Waals surface area contributed by atoms with E-state index >= 15 is 0 Å². The molecule has 1 saturated heterocycles. The highest BCUT2D eigenvalue weighted by molar-refractivity contribution is 5.85. The Balaban J connectivity index is 0.00000312. The van der Waals surface area contributed by atoms with Gasteiger partial charge in [-0.3, -0.25) is 9.69 Å². The Morgan fingerprint density at radius 1 is 1.23 bits per heavy atom. The van der Waals surface area contributed by atoms with Crippen LogP contribution in [0.2, 0.25) is 0 Å². The predicted octanol–water partition coefficient (Wildman–Crippen LogP) is 2.92. The minimum Gasteiger partial charge on any atom is -0.373 e. The second-order valence-electron chi connectivity index (χ2n) is 7.47. The number of nitrogens with zero attached hydrogens (tertiary/aromatic N) is 1. The van der Waals surface area contributed by atoms with E-state index < -0.39 is 0 Å². The zero-order valence-corrected chi connectivity index (χ0v) is 17.7. The highest BCUT2D eigenvalue weighted by Crippen LogP contribution is 2.21. The highest BCUT2D eigenvalue weighted by atomic mass is 35.5. The van der Waals surface area contributed by atoms with Crippen molar-refractivity contribution in [2.45, 2.75) is 57.9 Å². The molecule has 1 aromatic rings. The standard InChI is InChI=1S/C19H31N3O2.2ClH/c1-14-11-22(12-15(2)24-14)19(3,4)13-21-18(23)10-17(20)16-8-6-5-7-9-16;;/h5-9,14-15,17H,10-13,20H2,1-4H3,(H,21,23);2*1H. The lowest BCUT2D eigenvalue weighted by atomic mass is 9.99. The maximum atomic E-state index is 12.3. The van der Waals surface area contributed by atoms with Gasteiger partial charge in [0.05, 0.1) is 12.2 Å². The molecule has 0 spiro atoms. The van der Waals surface area contributed by atoms with Gasteiger partial charge in [0.15, 0.2) is 0 Å². The first-order valence-corrected chi connectivity index (χ1v) is 8.75. The Kier molecular flexibility index (Phi) is 10.7. The Hall–Kier alpha value is -0.850. The van der Waals surface area contributed by atoms with E-state index in [0.717, 1.165) is 18.7 Å². The molecule has 1 aliphatic heterocycles. The average molecular weight is 406 g/mol. The molecular formula is C19H33Cl2N3O2. The first kappa shape index (κ1) is 25.1.